The lowest BCUT2D eigenvalue weighted by Gasteiger charge is -2.33. The Hall–Kier alpha value is -4.31. The molecular formula is C27H23F3N6O3S. The second-order valence-corrected chi connectivity index (χ2v) is 11.8. The van der Waals surface area contributed by atoms with Crippen molar-refractivity contribution in [2.24, 2.45) is 11.3 Å². The summed E-state index contributed by atoms with van der Waals surface area (Å²) in [6.07, 6.45) is -2.41. The third kappa shape index (κ3) is 5.02. The lowest BCUT2D eigenvalue weighted by molar-refractivity contribution is -0.384. The Morgan fingerprint density at radius 3 is 2.52 bits per heavy atom. The van der Waals surface area contributed by atoms with Gasteiger partial charge in [-0.3, -0.25) is 14.9 Å². The van der Waals surface area contributed by atoms with Crippen LogP contribution in [0.1, 0.15) is 59.4 Å². The summed E-state index contributed by atoms with van der Waals surface area (Å²) in [5.74, 6) is -0.345. The SMILES string of the molecule is CC(C)(C)[C@@H]1CCc2c(sc(NC(=O)c3cc4nc(-c5ccc([N+](=O)[O-])cc5)cc(C(F)(F)F)n4n3)c2C#N)C1. The van der Waals surface area contributed by atoms with Gasteiger partial charge < -0.3 is 5.32 Å². The highest BCUT2D eigenvalue weighted by Crippen LogP contribution is 2.44. The Balaban J connectivity index is 1.50. The number of benzene rings is 1. The number of halogens is 3. The van der Waals surface area contributed by atoms with Crippen LogP contribution >= 0.6 is 11.3 Å². The third-order valence-electron chi connectivity index (χ3n) is 7.15. The molecule has 1 aromatic carbocycles. The number of carbonyl (C=O) groups is 1. The van der Waals surface area contributed by atoms with E-state index >= 15 is 0 Å². The number of aromatic nitrogens is 3. The zero-order valence-electron chi connectivity index (χ0n) is 21.7. The van der Waals surface area contributed by atoms with Crippen LogP contribution in [0.4, 0.5) is 23.9 Å². The molecule has 4 aromatic rings. The Bertz CT molecular complexity index is 1690. The number of nitrogens with zero attached hydrogens (tertiary/aromatic N) is 5. The average Bonchev–Trinajstić information content (AvgIpc) is 3.47. The molecule has 1 aliphatic carbocycles. The van der Waals surface area contributed by atoms with Gasteiger partial charge in [0.2, 0.25) is 0 Å². The molecule has 3 aromatic heterocycles. The fraction of sp³-hybridized carbons (Fsp3) is 0.333. The first kappa shape index (κ1) is 27.3. The second kappa shape index (κ2) is 9.71. The number of nitriles is 1. The van der Waals surface area contributed by atoms with Gasteiger partial charge in [-0.15, -0.1) is 11.3 Å². The van der Waals surface area contributed by atoms with E-state index in [-0.39, 0.29) is 33.7 Å². The summed E-state index contributed by atoms with van der Waals surface area (Å²) in [5.41, 5.74) is -0.409. The standard InChI is InChI=1S/C27H23F3N6O3S/c1-26(2,3)15-6-9-17-18(13-31)25(40-21(17)10-15)33-24(37)20-12-23-32-19(11-22(27(28,29)30)35(23)34-20)14-4-7-16(8-5-14)36(38)39/h4-5,7-8,11-12,15H,6,9-10H2,1-3H3,(H,33,37)/t15-/m1/s1. The number of hydrogen-bond donors (Lipinski definition) is 1. The summed E-state index contributed by atoms with van der Waals surface area (Å²) in [4.78, 5) is 28.7. The quantitative estimate of drug-likeness (QED) is 0.217. The number of rotatable bonds is 4. The monoisotopic (exact) mass is 568 g/mol. The maximum absolute atomic E-state index is 14.0. The van der Waals surface area contributed by atoms with Gasteiger partial charge in [-0.05, 0) is 54.4 Å². The van der Waals surface area contributed by atoms with Gasteiger partial charge in [-0.2, -0.15) is 23.5 Å². The van der Waals surface area contributed by atoms with Crippen LogP contribution in [-0.2, 0) is 19.0 Å². The van der Waals surface area contributed by atoms with Gasteiger partial charge in [-0.25, -0.2) is 9.50 Å². The molecule has 40 heavy (non-hydrogen) atoms. The number of nitrogens with one attached hydrogen (secondary N) is 1. The van der Waals surface area contributed by atoms with Crippen molar-refractivity contribution in [2.75, 3.05) is 5.32 Å². The van der Waals surface area contributed by atoms with Gasteiger partial charge >= 0.3 is 6.18 Å². The summed E-state index contributed by atoms with van der Waals surface area (Å²) < 4.78 is 42.5. The molecule has 0 saturated carbocycles. The van der Waals surface area contributed by atoms with Crippen molar-refractivity contribution < 1.29 is 22.9 Å². The molecule has 0 fully saturated rings. The molecule has 0 unspecified atom stereocenters. The lowest BCUT2D eigenvalue weighted by atomic mass is 9.72. The number of fused-ring (bicyclic) bond motifs is 2. The van der Waals surface area contributed by atoms with E-state index in [1.54, 1.807) is 0 Å². The minimum Gasteiger partial charge on any atom is -0.311 e. The van der Waals surface area contributed by atoms with E-state index in [2.05, 4.69) is 42.2 Å². The first-order chi connectivity index (χ1) is 18.8. The Kier molecular flexibility index (Phi) is 6.62. The van der Waals surface area contributed by atoms with Crippen molar-refractivity contribution in [3.05, 3.63) is 73.9 Å². The highest BCUT2D eigenvalue weighted by atomic mass is 32.1. The predicted molar refractivity (Wildman–Crippen MR) is 142 cm³/mol. The van der Waals surface area contributed by atoms with Crippen molar-refractivity contribution in [3.63, 3.8) is 0 Å². The molecule has 13 heteroatoms. The molecule has 1 aliphatic rings. The number of non-ortho nitro benzene ring substituents is 1. The normalized spacial score (nSPS) is 15.5. The van der Waals surface area contributed by atoms with Crippen LogP contribution in [0.15, 0.2) is 36.4 Å². The highest BCUT2D eigenvalue weighted by Gasteiger charge is 2.36. The van der Waals surface area contributed by atoms with E-state index in [4.69, 9.17) is 0 Å². The Labute approximate surface area is 230 Å². The molecule has 0 bridgehead atoms. The molecule has 5 rings (SSSR count). The highest BCUT2D eigenvalue weighted by molar-refractivity contribution is 7.16. The van der Waals surface area contributed by atoms with E-state index < -0.39 is 22.7 Å². The van der Waals surface area contributed by atoms with Crippen LogP contribution in [0.5, 0.6) is 0 Å². The van der Waals surface area contributed by atoms with Gasteiger partial charge in [0.25, 0.3) is 11.6 Å². The molecule has 0 spiro atoms. The number of thiophene rings is 1. The molecule has 3 heterocycles. The smallest absolute Gasteiger partial charge is 0.311 e. The van der Waals surface area contributed by atoms with E-state index in [1.165, 1.54) is 35.6 Å². The third-order valence-corrected chi connectivity index (χ3v) is 8.32. The number of anilines is 1. The Morgan fingerprint density at radius 2 is 1.93 bits per heavy atom. The summed E-state index contributed by atoms with van der Waals surface area (Å²) in [7, 11) is 0. The fourth-order valence-electron chi connectivity index (χ4n) is 4.89. The van der Waals surface area contributed by atoms with Crippen LogP contribution in [0.2, 0.25) is 0 Å². The second-order valence-electron chi connectivity index (χ2n) is 10.7. The molecule has 206 valence electrons. The van der Waals surface area contributed by atoms with Crippen LogP contribution in [0.3, 0.4) is 0 Å². The zero-order chi connectivity index (χ0) is 29.0. The van der Waals surface area contributed by atoms with Crippen molar-refractivity contribution in [1.82, 2.24) is 14.6 Å². The Morgan fingerprint density at radius 1 is 1.23 bits per heavy atom. The molecule has 1 amide bonds. The number of nitro benzene ring substituents is 1. The van der Waals surface area contributed by atoms with E-state index in [1.807, 2.05) is 0 Å². The number of alkyl halides is 3. The summed E-state index contributed by atoms with van der Waals surface area (Å²) in [5, 5.41) is 27.7. The van der Waals surface area contributed by atoms with Crippen molar-refractivity contribution >= 4 is 33.6 Å². The topological polar surface area (TPSA) is 126 Å². The van der Waals surface area contributed by atoms with Crippen LogP contribution in [0.25, 0.3) is 16.9 Å². The van der Waals surface area contributed by atoms with Gasteiger partial charge in [0.15, 0.2) is 17.0 Å². The fourth-order valence-corrected chi connectivity index (χ4v) is 6.16. The van der Waals surface area contributed by atoms with E-state index in [0.29, 0.717) is 27.4 Å². The average molecular weight is 569 g/mol. The maximum Gasteiger partial charge on any atom is 0.433 e. The van der Waals surface area contributed by atoms with Crippen molar-refractivity contribution in [2.45, 2.75) is 46.2 Å². The van der Waals surface area contributed by atoms with E-state index in [9.17, 15) is 33.3 Å². The number of amides is 1. The molecule has 1 atom stereocenters. The number of nitro groups is 1. The van der Waals surface area contributed by atoms with Crippen molar-refractivity contribution in [3.8, 4) is 17.3 Å². The lowest BCUT2D eigenvalue weighted by Crippen LogP contribution is -2.26. The minimum atomic E-state index is -4.83. The molecule has 0 aliphatic heterocycles. The first-order valence-electron chi connectivity index (χ1n) is 12.3. The van der Waals surface area contributed by atoms with Crippen molar-refractivity contribution in [1.29, 1.82) is 5.26 Å². The maximum atomic E-state index is 14.0. The molecule has 0 radical (unpaired) electrons. The molecular weight excluding hydrogens is 545 g/mol. The molecule has 0 saturated heterocycles. The van der Waals surface area contributed by atoms with E-state index in [0.717, 1.165) is 35.4 Å². The zero-order valence-corrected chi connectivity index (χ0v) is 22.5. The summed E-state index contributed by atoms with van der Waals surface area (Å²) in [6.45, 7) is 6.51. The van der Waals surface area contributed by atoms with Crippen LogP contribution < -0.4 is 5.32 Å². The minimum absolute atomic E-state index is 0.0882. The van der Waals surface area contributed by atoms with Crippen LogP contribution in [-0.4, -0.2) is 25.4 Å². The summed E-state index contributed by atoms with van der Waals surface area (Å²) >= 11 is 1.31. The van der Waals surface area contributed by atoms with Gasteiger partial charge in [0.05, 0.1) is 16.2 Å². The molecule has 1 N–H and O–H groups in total. The largest absolute Gasteiger partial charge is 0.433 e. The van der Waals surface area contributed by atoms with Crippen LogP contribution in [0, 0.1) is 32.8 Å². The van der Waals surface area contributed by atoms with Gasteiger partial charge in [0, 0.05) is 28.6 Å². The first-order valence-corrected chi connectivity index (χ1v) is 13.2. The summed E-state index contributed by atoms with van der Waals surface area (Å²) in [6, 6.07) is 9.01. The number of carbonyl (C=O) groups excluding carboxylic acids is 1. The number of hydrogen-bond acceptors (Lipinski definition) is 7. The molecule has 9 nitrogen and oxygen atoms in total. The van der Waals surface area contributed by atoms with Gasteiger partial charge in [-0.1, -0.05) is 20.8 Å². The van der Waals surface area contributed by atoms with Gasteiger partial charge in [0.1, 0.15) is 11.1 Å². The predicted octanol–water partition coefficient (Wildman–Crippen LogP) is 6.66.